The standard InChI is InChI=1S/C13H15NO2S/c1-9-4-5-11(7-13(9)17(3,15)16)12-6-10(2)14-8-12/h4-5,7-8H,6H2,1-3H3. The lowest BCUT2D eigenvalue weighted by Crippen LogP contribution is -2.01. The molecule has 0 aromatic heterocycles. The highest BCUT2D eigenvalue weighted by Crippen LogP contribution is 2.27. The number of allylic oxidation sites excluding steroid dienone is 1. The first-order chi connectivity index (χ1) is 7.88. The maximum Gasteiger partial charge on any atom is 0.175 e. The first-order valence-electron chi connectivity index (χ1n) is 5.41. The summed E-state index contributed by atoms with van der Waals surface area (Å²) in [5, 5.41) is 0. The van der Waals surface area contributed by atoms with Crippen molar-refractivity contribution in [1.29, 1.82) is 0 Å². The van der Waals surface area contributed by atoms with Gasteiger partial charge in [0.15, 0.2) is 9.84 Å². The molecule has 0 saturated heterocycles. The number of nitrogens with zero attached hydrogens (tertiary/aromatic N) is 1. The highest BCUT2D eigenvalue weighted by atomic mass is 32.2. The summed E-state index contributed by atoms with van der Waals surface area (Å²) in [6, 6.07) is 5.54. The van der Waals surface area contributed by atoms with Crippen molar-refractivity contribution in [2.45, 2.75) is 25.2 Å². The van der Waals surface area contributed by atoms with Gasteiger partial charge in [0.2, 0.25) is 0 Å². The molecule has 0 unspecified atom stereocenters. The maximum absolute atomic E-state index is 11.6. The molecule has 1 aliphatic heterocycles. The van der Waals surface area contributed by atoms with Gasteiger partial charge >= 0.3 is 0 Å². The fraction of sp³-hybridized carbons (Fsp3) is 0.308. The average Bonchev–Trinajstić information content (AvgIpc) is 2.64. The van der Waals surface area contributed by atoms with Crippen molar-refractivity contribution in [2.75, 3.05) is 6.26 Å². The normalized spacial score (nSPS) is 15.7. The second-order valence-electron chi connectivity index (χ2n) is 4.45. The topological polar surface area (TPSA) is 46.5 Å². The van der Waals surface area contributed by atoms with Crippen LogP contribution in [-0.4, -0.2) is 20.4 Å². The Labute approximate surface area is 102 Å². The summed E-state index contributed by atoms with van der Waals surface area (Å²) in [5.41, 5.74) is 3.86. The first kappa shape index (κ1) is 12.0. The third kappa shape index (κ3) is 2.47. The van der Waals surface area contributed by atoms with E-state index in [-0.39, 0.29) is 0 Å². The van der Waals surface area contributed by atoms with Crippen molar-refractivity contribution < 1.29 is 8.42 Å². The summed E-state index contributed by atoms with van der Waals surface area (Å²) >= 11 is 0. The molecule has 1 heterocycles. The molecular formula is C13H15NO2S. The fourth-order valence-corrected chi connectivity index (χ4v) is 2.92. The Kier molecular flexibility index (Phi) is 2.91. The van der Waals surface area contributed by atoms with E-state index in [9.17, 15) is 8.42 Å². The van der Waals surface area contributed by atoms with Gasteiger partial charge < -0.3 is 0 Å². The van der Waals surface area contributed by atoms with Crippen molar-refractivity contribution in [2.24, 2.45) is 4.99 Å². The van der Waals surface area contributed by atoms with Crippen LogP contribution in [0.2, 0.25) is 0 Å². The van der Waals surface area contributed by atoms with Gasteiger partial charge in [-0.3, -0.25) is 4.99 Å². The molecule has 1 aromatic rings. The van der Waals surface area contributed by atoms with Crippen LogP contribution in [-0.2, 0) is 9.84 Å². The molecule has 0 spiro atoms. The summed E-state index contributed by atoms with van der Waals surface area (Å²) in [6.07, 6.45) is 3.85. The van der Waals surface area contributed by atoms with E-state index in [1.54, 1.807) is 6.07 Å². The van der Waals surface area contributed by atoms with Gasteiger partial charge in [-0.1, -0.05) is 12.1 Å². The van der Waals surface area contributed by atoms with Crippen molar-refractivity contribution >= 4 is 21.1 Å². The highest BCUT2D eigenvalue weighted by molar-refractivity contribution is 7.90. The number of hydrogen-bond acceptors (Lipinski definition) is 3. The van der Waals surface area contributed by atoms with E-state index in [1.165, 1.54) is 6.26 Å². The van der Waals surface area contributed by atoms with E-state index < -0.39 is 9.84 Å². The minimum Gasteiger partial charge on any atom is -0.265 e. The molecule has 0 N–H and O–H groups in total. The summed E-state index contributed by atoms with van der Waals surface area (Å²) in [4.78, 5) is 4.62. The van der Waals surface area contributed by atoms with Crippen LogP contribution in [0.15, 0.2) is 34.3 Å². The molecule has 0 radical (unpaired) electrons. The lowest BCUT2D eigenvalue weighted by Gasteiger charge is -2.08. The molecule has 4 heteroatoms. The lowest BCUT2D eigenvalue weighted by molar-refractivity contribution is 0.601. The van der Waals surface area contributed by atoms with Crippen LogP contribution in [0, 0.1) is 6.92 Å². The molecule has 90 valence electrons. The molecular weight excluding hydrogens is 234 g/mol. The van der Waals surface area contributed by atoms with Crippen LogP contribution in [0.4, 0.5) is 0 Å². The van der Waals surface area contributed by atoms with Crippen LogP contribution in [0.25, 0.3) is 5.57 Å². The molecule has 1 aliphatic rings. The van der Waals surface area contributed by atoms with Crippen LogP contribution in [0.5, 0.6) is 0 Å². The number of aryl methyl sites for hydroxylation is 1. The smallest absolute Gasteiger partial charge is 0.175 e. The third-order valence-electron chi connectivity index (χ3n) is 2.85. The average molecular weight is 249 g/mol. The maximum atomic E-state index is 11.6. The van der Waals surface area contributed by atoms with Gasteiger partial charge in [-0.25, -0.2) is 8.42 Å². The third-order valence-corrected chi connectivity index (χ3v) is 4.08. The zero-order chi connectivity index (χ0) is 12.6. The number of rotatable bonds is 2. The summed E-state index contributed by atoms with van der Waals surface area (Å²) < 4.78 is 23.3. The summed E-state index contributed by atoms with van der Waals surface area (Å²) in [5.74, 6) is 0. The molecule has 0 fully saturated rings. The minimum absolute atomic E-state index is 0.403. The van der Waals surface area contributed by atoms with Gasteiger partial charge in [-0.2, -0.15) is 0 Å². The molecule has 2 rings (SSSR count). The Morgan fingerprint density at radius 1 is 1.24 bits per heavy atom. The van der Waals surface area contributed by atoms with E-state index in [1.807, 2.05) is 32.2 Å². The van der Waals surface area contributed by atoms with E-state index in [0.29, 0.717) is 4.90 Å². The van der Waals surface area contributed by atoms with E-state index in [2.05, 4.69) is 4.99 Å². The van der Waals surface area contributed by atoms with Gasteiger partial charge in [0.25, 0.3) is 0 Å². The number of aliphatic imine (C=N–C) groups is 1. The number of sulfone groups is 1. The molecule has 17 heavy (non-hydrogen) atoms. The van der Waals surface area contributed by atoms with Gasteiger partial charge in [0.1, 0.15) is 0 Å². The fourth-order valence-electron chi connectivity index (χ4n) is 1.93. The highest BCUT2D eigenvalue weighted by Gasteiger charge is 2.14. The molecule has 0 bridgehead atoms. The zero-order valence-electron chi connectivity index (χ0n) is 10.2. The second-order valence-corrected chi connectivity index (χ2v) is 6.43. The summed E-state index contributed by atoms with van der Waals surface area (Å²) in [7, 11) is -3.16. The SMILES string of the molecule is CC1=NC=C(c2ccc(C)c(S(C)(=O)=O)c2)C1. The molecule has 0 aliphatic carbocycles. The largest absolute Gasteiger partial charge is 0.265 e. The molecule has 3 nitrogen and oxygen atoms in total. The Morgan fingerprint density at radius 3 is 2.47 bits per heavy atom. The number of benzene rings is 1. The van der Waals surface area contributed by atoms with Crippen LogP contribution in [0.3, 0.4) is 0 Å². The number of hydrogen-bond donors (Lipinski definition) is 0. The van der Waals surface area contributed by atoms with Crippen LogP contribution < -0.4 is 0 Å². The van der Waals surface area contributed by atoms with E-state index >= 15 is 0 Å². The Morgan fingerprint density at radius 2 is 1.94 bits per heavy atom. The van der Waals surface area contributed by atoms with E-state index in [0.717, 1.165) is 28.8 Å². The van der Waals surface area contributed by atoms with E-state index in [4.69, 9.17) is 0 Å². The van der Waals surface area contributed by atoms with Gasteiger partial charge in [0, 0.05) is 24.6 Å². The first-order valence-corrected chi connectivity index (χ1v) is 7.30. The Bertz CT molecular complexity index is 625. The van der Waals surface area contributed by atoms with Gasteiger partial charge in [0.05, 0.1) is 4.90 Å². The monoisotopic (exact) mass is 249 g/mol. The molecule has 1 aromatic carbocycles. The molecule has 0 amide bonds. The lowest BCUT2D eigenvalue weighted by atomic mass is 10.0. The molecule has 0 saturated carbocycles. The predicted molar refractivity (Wildman–Crippen MR) is 70.0 cm³/mol. The van der Waals surface area contributed by atoms with Crippen LogP contribution >= 0.6 is 0 Å². The zero-order valence-corrected chi connectivity index (χ0v) is 11.0. The van der Waals surface area contributed by atoms with Crippen molar-refractivity contribution in [3.8, 4) is 0 Å². The van der Waals surface area contributed by atoms with Gasteiger partial charge in [-0.15, -0.1) is 0 Å². The summed E-state index contributed by atoms with van der Waals surface area (Å²) in [6.45, 7) is 3.78. The van der Waals surface area contributed by atoms with Crippen molar-refractivity contribution in [1.82, 2.24) is 0 Å². The quantitative estimate of drug-likeness (QED) is 0.808. The molecule has 0 atom stereocenters. The van der Waals surface area contributed by atoms with Crippen LogP contribution in [0.1, 0.15) is 24.5 Å². The second kappa shape index (κ2) is 4.11. The Hall–Kier alpha value is -1.42. The minimum atomic E-state index is -3.16. The van der Waals surface area contributed by atoms with Gasteiger partial charge in [-0.05, 0) is 36.6 Å². The van der Waals surface area contributed by atoms with Crippen molar-refractivity contribution in [3.63, 3.8) is 0 Å². The van der Waals surface area contributed by atoms with Crippen molar-refractivity contribution in [3.05, 3.63) is 35.5 Å². The predicted octanol–water partition coefficient (Wildman–Crippen LogP) is 2.60. The Balaban J connectivity index is 2.47.